The van der Waals surface area contributed by atoms with Crippen LogP contribution in [0.3, 0.4) is 0 Å². The second kappa shape index (κ2) is 7.54. The van der Waals surface area contributed by atoms with Crippen molar-refractivity contribution in [1.82, 2.24) is 20.4 Å². The number of nitrogens with one attached hydrogen (secondary N) is 2. The van der Waals surface area contributed by atoms with E-state index in [9.17, 15) is 0 Å². The van der Waals surface area contributed by atoms with Crippen molar-refractivity contribution in [3.8, 4) is 0 Å². The van der Waals surface area contributed by atoms with E-state index in [1.807, 2.05) is 6.20 Å². The van der Waals surface area contributed by atoms with Crippen LogP contribution in [-0.4, -0.2) is 41.4 Å². The summed E-state index contributed by atoms with van der Waals surface area (Å²) in [6.45, 7) is 8.52. The highest BCUT2D eigenvalue weighted by atomic mass is 16.5. The quantitative estimate of drug-likeness (QED) is 0.855. The Morgan fingerprint density at radius 1 is 1.14 bits per heavy atom. The molecular formula is C17H24N4O. The molecule has 1 fully saturated rings. The minimum Gasteiger partial charge on any atom is -0.379 e. The van der Waals surface area contributed by atoms with E-state index in [0.29, 0.717) is 0 Å². The maximum absolute atomic E-state index is 5.42. The van der Waals surface area contributed by atoms with Crippen LogP contribution in [0.25, 0.3) is 0 Å². The number of aryl methyl sites for hydroxylation is 1. The van der Waals surface area contributed by atoms with Crippen LogP contribution in [0.5, 0.6) is 0 Å². The molecule has 1 aromatic carbocycles. The molecule has 3 rings (SSSR count). The van der Waals surface area contributed by atoms with Gasteiger partial charge in [0, 0.05) is 44.0 Å². The number of hydrogen-bond acceptors (Lipinski definition) is 4. The molecule has 0 radical (unpaired) electrons. The first-order valence-corrected chi connectivity index (χ1v) is 7.89. The lowest BCUT2D eigenvalue weighted by Crippen LogP contribution is -2.36. The number of hydrogen-bond donors (Lipinski definition) is 2. The van der Waals surface area contributed by atoms with E-state index in [1.54, 1.807) is 0 Å². The molecule has 2 heterocycles. The molecule has 0 atom stereocenters. The van der Waals surface area contributed by atoms with E-state index in [1.165, 1.54) is 16.7 Å². The summed E-state index contributed by atoms with van der Waals surface area (Å²) in [5.41, 5.74) is 5.13. The Morgan fingerprint density at radius 3 is 2.59 bits per heavy atom. The van der Waals surface area contributed by atoms with Gasteiger partial charge in [0.2, 0.25) is 0 Å². The van der Waals surface area contributed by atoms with Gasteiger partial charge in [-0.3, -0.25) is 10.00 Å². The van der Waals surface area contributed by atoms with Crippen molar-refractivity contribution in [2.45, 2.75) is 26.6 Å². The molecule has 1 aromatic heterocycles. The second-order valence-electron chi connectivity index (χ2n) is 5.78. The molecule has 0 amide bonds. The van der Waals surface area contributed by atoms with Gasteiger partial charge in [-0.15, -0.1) is 0 Å². The lowest BCUT2D eigenvalue weighted by atomic mass is 10.1. The van der Waals surface area contributed by atoms with Crippen molar-refractivity contribution in [2.75, 3.05) is 26.3 Å². The van der Waals surface area contributed by atoms with Crippen LogP contribution in [0.2, 0.25) is 0 Å². The molecular weight excluding hydrogens is 276 g/mol. The van der Waals surface area contributed by atoms with Gasteiger partial charge in [0.1, 0.15) is 0 Å². The highest BCUT2D eigenvalue weighted by Gasteiger charge is 2.12. The van der Waals surface area contributed by atoms with Gasteiger partial charge in [0.15, 0.2) is 0 Å². The highest BCUT2D eigenvalue weighted by Crippen LogP contribution is 2.13. The average molecular weight is 300 g/mol. The van der Waals surface area contributed by atoms with E-state index in [0.717, 1.165) is 51.6 Å². The first-order chi connectivity index (χ1) is 10.8. The standard InChI is InChI=1S/C17H24N4O/c1-14-17(12-19-20-14)11-18-10-15-4-2-3-5-16(15)13-21-6-8-22-9-7-21/h2-5,12,18H,6-11,13H2,1H3,(H,19,20). The van der Waals surface area contributed by atoms with Gasteiger partial charge in [-0.25, -0.2) is 0 Å². The van der Waals surface area contributed by atoms with Gasteiger partial charge in [0.25, 0.3) is 0 Å². The van der Waals surface area contributed by atoms with E-state index in [2.05, 4.69) is 51.6 Å². The van der Waals surface area contributed by atoms with Gasteiger partial charge in [-0.2, -0.15) is 5.10 Å². The molecule has 1 aliphatic heterocycles. The number of rotatable bonds is 6. The van der Waals surface area contributed by atoms with Crippen LogP contribution < -0.4 is 5.32 Å². The Hall–Kier alpha value is -1.69. The Morgan fingerprint density at radius 2 is 1.86 bits per heavy atom. The molecule has 0 aliphatic carbocycles. The fraction of sp³-hybridized carbons (Fsp3) is 0.471. The zero-order valence-corrected chi connectivity index (χ0v) is 13.1. The van der Waals surface area contributed by atoms with Gasteiger partial charge >= 0.3 is 0 Å². The summed E-state index contributed by atoms with van der Waals surface area (Å²) in [7, 11) is 0. The first-order valence-electron chi connectivity index (χ1n) is 7.89. The predicted molar refractivity (Wildman–Crippen MR) is 86.4 cm³/mol. The molecule has 22 heavy (non-hydrogen) atoms. The van der Waals surface area contributed by atoms with Crippen molar-refractivity contribution in [3.63, 3.8) is 0 Å². The fourth-order valence-electron chi connectivity index (χ4n) is 2.77. The predicted octanol–water partition coefficient (Wildman–Crippen LogP) is 1.84. The number of aromatic nitrogens is 2. The van der Waals surface area contributed by atoms with Crippen LogP contribution >= 0.6 is 0 Å². The van der Waals surface area contributed by atoms with E-state index < -0.39 is 0 Å². The lowest BCUT2D eigenvalue weighted by Gasteiger charge is -2.27. The second-order valence-corrected chi connectivity index (χ2v) is 5.78. The molecule has 0 saturated carbocycles. The molecule has 2 aromatic rings. The van der Waals surface area contributed by atoms with Crippen LogP contribution in [0.4, 0.5) is 0 Å². The summed E-state index contributed by atoms with van der Waals surface area (Å²) < 4.78 is 5.42. The monoisotopic (exact) mass is 300 g/mol. The Bertz CT molecular complexity index is 590. The van der Waals surface area contributed by atoms with Gasteiger partial charge < -0.3 is 10.1 Å². The fourth-order valence-corrected chi connectivity index (χ4v) is 2.77. The third kappa shape index (κ3) is 3.94. The van der Waals surface area contributed by atoms with E-state index >= 15 is 0 Å². The van der Waals surface area contributed by atoms with Gasteiger partial charge in [-0.1, -0.05) is 24.3 Å². The maximum Gasteiger partial charge on any atom is 0.0594 e. The SMILES string of the molecule is Cc1[nH]ncc1CNCc1ccccc1CN1CCOCC1. The number of aromatic amines is 1. The summed E-state index contributed by atoms with van der Waals surface area (Å²) in [4.78, 5) is 2.46. The third-order valence-electron chi connectivity index (χ3n) is 4.18. The smallest absolute Gasteiger partial charge is 0.0594 e. The van der Waals surface area contributed by atoms with Crippen LogP contribution in [-0.2, 0) is 24.4 Å². The minimum atomic E-state index is 0.841. The summed E-state index contributed by atoms with van der Waals surface area (Å²) in [5.74, 6) is 0. The number of benzene rings is 1. The lowest BCUT2D eigenvalue weighted by molar-refractivity contribution is 0.0340. The first kappa shape index (κ1) is 15.2. The molecule has 1 aliphatic rings. The largest absolute Gasteiger partial charge is 0.379 e. The van der Waals surface area contributed by atoms with Crippen LogP contribution in [0, 0.1) is 6.92 Å². The van der Waals surface area contributed by atoms with Crippen molar-refractivity contribution >= 4 is 0 Å². The minimum absolute atomic E-state index is 0.841. The van der Waals surface area contributed by atoms with E-state index in [4.69, 9.17) is 4.74 Å². The molecule has 1 saturated heterocycles. The Balaban J connectivity index is 1.57. The molecule has 0 spiro atoms. The maximum atomic E-state index is 5.42. The number of ether oxygens (including phenoxy) is 1. The highest BCUT2D eigenvalue weighted by molar-refractivity contribution is 5.27. The normalized spacial score (nSPS) is 16.0. The number of morpholine rings is 1. The Kier molecular flexibility index (Phi) is 5.21. The zero-order chi connectivity index (χ0) is 15.2. The van der Waals surface area contributed by atoms with E-state index in [-0.39, 0.29) is 0 Å². The van der Waals surface area contributed by atoms with Crippen LogP contribution in [0.1, 0.15) is 22.4 Å². The third-order valence-corrected chi connectivity index (χ3v) is 4.18. The molecule has 5 heteroatoms. The molecule has 5 nitrogen and oxygen atoms in total. The zero-order valence-electron chi connectivity index (χ0n) is 13.1. The Labute approximate surface area is 131 Å². The molecule has 2 N–H and O–H groups in total. The van der Waals surface area contributed by atoms with Crippen molar-refractivity contribution in [2.24, 2.45) is 0 Å². The topological polar surface area (TPSA) is 53.2 Å². The van der Waals surface area contributed by atoms with Crippen molar-refractivity contribution < 1.29 is 4.74 Å². The summed E-state index contributed by atoms with van der Waals surface area (Å²) in [5, 5.41) is 10.6. The van der Waals surface area contributed by atoms with Gasteiger partial charge in [-0.05, 0) is 18.1 Å². The van der Waals surface area contributed by atoms with Crippen LogP contribution in [0.15, 0.2) is 30.5 Å². The van der Waals surface area contributed by atoms with Gasteiger partial charge in [0.05, 0.1) is 19.4 Å². The summed E-state index contributed by atoms with van der Waals surface area (Å²) >= 11 is 0. The van der Waals surface area contributed by atoms with Crippen molar-refractivity contribution in [3.05, 3.63) is 52.8 Å². The molecule has 0 bridgehead atoms. The summed E-state index contributed by atoms with van der Waals surface area (Å²) in [6.07, 6.45) is 1.89. The average Bonchev–Trinajstić information content (AvgIpc) is 2.95. The number of H-pyrrole nitrogens is 1. The number of nitrogens with zero attached hydrogens (tertiary/aromatic N) is 2. The molecule has 0 unspecified atom stereocenters. The summed E-state index contributed by atoms with van der Waals surface area (Å²) in [6, 6.07) is 8.68. The van der Waals surface area contributed by atoms with Crippen molar-refractivity contribution in [1.29, 1.82) is 0 Å². The molecule has 118 valence electrons.